The number of aliphatic hydroxyl groups is 1. The Balaban J connectivity index is 1.30. The number of rotatable bonds is 9. The second kappa shape index (κ2) is 10.8. The number of carbonyl (C=O) groups excluding carboxylic acids is 2. The smallest absolute Gasteiger partial charge is 0.407 e. The molecule has 1 atom stereocenters. The average molecular weight is 475 g/mol. The van der Waals surface area contributed by atoms with Crippen LogP contribution in [0, 0.1) is 0 Å². The highest BCUT2D eigenvalue weighted by Crippen LogP contribution is 2.44. The van der Waals surface area contributed by atoms with Crippen LogP contribution in [-0.2, 0) is 16.1 Å². The molecule has 3 aromatic rings. The molecule has 0 aromatic heterocycles. The lowest BCUT2D eigenvalue weighted by Crippen LogP contribution is -2.41. The monoisotopic (exact) mass is 474 g/mol. The normalized spacial score (nSPS) is 12.8. The van der Waals surface area contributed by atoms with E-state index >= 15 is 0 Å². The van der Waals surface area contributed by atoms with Gasteiger partial charge in [0, 0.05) is 31.1 Å². The fourth-order valence-corrected chi connectivity index (χ4v) is 4.23. The van der Waals surface area contributed by atoms with Gasteiger partial charge in [0.25, 0.3) is 5.91 Å². The van der Waals surface area contributed by atoms with Crippen molar-refractivity contribution in [3.8, 4) is 11.1 Å². The van der Waals surface area contributed by atoms with Crippen LogP contribution < -0.4 is 10.6 Å². The molecule has 4 N–H and O–H groups in total. The Morgan fingerprint density at radius 1 is 0.886 bits per heavy atom. The molecule has 0 radical (unpaired) electrons. The summed E-state index contributed by atoms with van der Waals surface area (Å²) < 4.78 is 5.52. The fourth-order valence-electron chi connectivity index (χ4n) is 4.23. The Bertz CT molecular complexity index is 1180. The van der Waals surface area contributed by atoms with Crippen molar-refractivity contribution >= 4 is 18.0 Å². The molecule has 0 saturated carbocycles. The molecule has 0 saturated heterocycles. The van der Waals surface area contributed by atoms with Gasteiger partial charge in [-0.05, 0) is 39.9 Å². The molecule has 0 heterocycles. The highest BCUT2D eigenvalue weighted by atomic mass is 16.5. The third kappa shape index (κ3) is 5.50. The van der Waals surface area contributed by atoms with Crippen LogP contribution in [0.5, 0.6) is 0 Å². The van der Waals surface area contributed by atoms with E-state index in [4.69, 9.17) is 14.9 Å². The molecule has 0 spiro atoms. The predicted molar refractivity (Wildman–Crippen MR) is 129 cm³/mol. The first-order valence-electron chi connectivity index (χ1n) is 11.3. The zero-order valence-electron chi connectivity index (χ0n) is 18.9. The van der Waals surface area contributed by atoms with E-state index in [0.29, 0.717) is 0 Å². The fraction of sp³-hybridized carbons (Fsp3) is 0.222. The molecule has 35 heavy (non-hydrogen) atoms. The molecule has 8 nitrogen and oxygen atoms in total. The molecule has 1 aliphatic rings. The van der Waals surface area contributed by atoms with Gasteiger partial charge in [-0.3, -0.25) is 4.79 Å². The number of aliphatic carboxylic acids is 1. The lowest BCUT2D eigenvalue weighted by molar-refractivity contribution is -0.139. The Kier molecular flexibility index (Phi) is 7.42. The van der Waals surface area contributed by atoms with Crippen molar-refractivity contribution in [1.82, 2.24) is 10.6 Å². The molecule has 1 aliphatic carbocycles. The van der Waals surface area contributed by atoms with Crippen molar-refractivity contribution in [2.75, 3.05) is 13.2 Å². The number of carboxylic acids is 1. The van der Waals surface area contributed by atoms with Gasteiger partial charge in [-0.15, -0.1) is 0 Å². The van der Waals surface area contributed by atoms with E-state index in [0.717, 1.165) is 27.8 Å². The molecule has 3 aromatic carbocycles. The summed E-state index contributed by atoms with van der Waals surface area (Å²) in [6.45, 7) is 0.0795. The maximum absolute atomic E-state index is 12.3. The maximum atomic E-state index is 12.3. The van der Waals surface area contributed by atoms with Gasteiger partial charge in [-0.25, -0.2) is 9.59 Å². The number of hydrogen-bond acceptors (Lipinski definition) is 5. The van der Waals surface area contributed by atoms with Crippen molar-refractivity contribution in [1.29, 1.82) is 0 Å². The van der Waals surface area contributed by atoms with E-state index in [9.17, 15) is 14.4 Å². The van der Waals surface area contributed by atoms with Crippen LogP contribution in [-0.4, -0.2) is 47.4 Å². The number of hydrogen-bond donors (Lipinski definition) is 4. The minimum Gasteiger partial charge on any atom is -0.480 e. The lowest BCUT2D eigenvalue weighted by atomic mass is 9.98. The minimum atomic E-state index is -1.21. The van der Waals surface area contributed by atoms with Gasteiger partial charge >= 0.3 is 12.1 Å². The van der Waals surface area contributed by atoms with Crippen molar-refractivity contribution in [3.05, 3.63) is 95.1 Å². The average Bonchev–Trinajstić information content (AvgIpc) is 3.20. The van der Waals surface area contributed by atoms with Crippen molar-refractivity contribution in [2.24, 2.45) is 0 Å². The second-order valence-electron chi connectivity index (χ2n) is 8.25. The number of carboxylic acid groups (broad SMARTS) is 1. The van der Waals surface area contributed by atoms with E-state index in [2.05, 4.69) is 34.9 Å². The summed E-state index contributed by atoms with van der Waals surface area (Å²) in [5, 5.41) is 23.1. The summed E-state index contributed by atoms with van der Waals surface area (Å²) in [7, 11) is 0. The Morgan fingerprint density at radius 2 is 1.49 bits per heavy atom. The van der Waals surface area contributed by atoms with E-state index < -0.39 is 24.0 Å². The van der Waals surface area contributed by atoms with Gasteiger partial charge < -0.3 is 25.6 Å². The second-order valence-corrected chi connectivity index (χ2v) is 8.25. The molecule has 0 fully saturated rings. The zero-order valence-corrected chi connectivity index (χ0v) is 18.9. The summed E-state index contributed by atoms with van der Waals surface area (Å²) in [4.78, 5) is 35.7. The molecule has 2 amide bonds. The quantitative estimate of drug-likeness (QED) is 0.377. The molecule has 0 bridgehead atoms. The van der Waals surface area contributed by atoms with Crippen LogP contribution in [0.25, 0.3) is 11.1 Å². The molecular weight excluding hydrogens is 448 g/mol. The molecule has 8 heteroatoms. The largest absolute Gasteiger partial charge is 0.480 e. The molecule has 0 aliphatic heterocycles. The number of ether oxygens (including phenoxy) is 1. The lowest BCUT2D eigenvalue weighted by Gasteiger charge is -2.15. The minimum absolute atomic E-state index is 0.0218. The van der Waals surface area contributed by atoms with Gasteiger partial charge in [0.15, 0.2) is 0 Å². The summed E-state index contributed by atoms with van der Waals surface area (Å²) in [6.07, 6.45) is -0.620. The number of aliphatic hydroxyl groups excluding tert-OH is 1. The first-order chi connectivity index (χ1) is 17.0. The van der Waals surface area contributed by atoms with E-state index in [1.165, 1.54) is 0 Å². The van der Waals surface area contributed by atoms with Crippen molar-refractivity contribution in [3.63, 3.8) is 0 Å². The third-order valence-corrected chi connectivity index (χ3v) is 6.02. The van der Waals surface area contributed by atoms with Gasteiger partial charge in [0.1, 0.15) is 12.6 Å². The number of benzene rings is 3. The zero-order chi connectivity index (χ0) is 24.8. The van der Waals surface area contributed by atoms with Crippen LogP contribution in [0.15, 0.2) is 72.8 Å². The number of fused-ring (bicyclic) bond motifs is 3. The van der Waals surface area contributed by atoms with E-state index in [1.807, 2.05) is 24.3 Å². The number of amides is 2. The number of nitrogens with one attached hydrogen (secondary N) is 2. The summed E-state index contributed by atoms with van der Waals surface area (Å²) in [5.74, 6) is -1.79. The van der Waals surface area contributed by atoms with Crippen LogP contribution in [0.1, 0.15) is 39.4 Å². The Hall–Kier alpha value is -4.17. The van der Waals surface area contributed by atoms with Gasteiger partial charge in [-0.1, -0.05) is 60.7 Å². The van der Waals surface area contributed by atoms with Crippen molar-refractivity contribution in [2.45, 2.75) is 24.9 Å². The molecule has 4 rings (SSSR count). The first-order valence-corrected chi connectivity index (χ1v) is 11.3. The van der Waals surface area contributed by atoms with Crippen molar-refractivity contribution < 1.29 is 29.3 Å². The summed E-state index contributed by atoms with van der Waals surface area (Å²) in [6, 6.07) is 21.5. The number of carbonyl (C=O) groups is 3. The Morgan fingerprint density at radius 3 is 2.06 bits per heavy atom. The van der Waals surface area contributed by atoms with E-state index in [-0.39, 0.29) is 37.7 Å². The topological polar surface area (TPSA) is 125 Å². The standard InChI is InChI=1S/C27H26N2O6/c30-14-13-24(26(32)33)29-25(31)18-11-9-17(10-12-18)15-28-27(34)35-16-23-21-7-3-1-5-19(21)20-6-2-4-8-22(20)23/h1-12,23-24,30H,13-16H2,(H,28,34)(H,29,31)(H,32,33). The van der Waals surface area contributed by atoms with Crippen LogP contribution in [0.2, 0.25) is 0 Å². The summed E-state index contributed by atoms with van der Waals surface area (Å²) in [5.41, 5.74) is 5.62. The van der Waals surface area contributed by atoms with Gasteiger partial charge in [0.05, 0.1) is 0 Å². The van der Waals surface area contributed by atoms with Gasteiger partial charge in [-0.2, -0.15) is 0 Å². The molecule has 1 unspecified atom stereocenters. The Labute approximate surface area is 202 Å². The van der Waals surface area contributed by atoms with Crippen LogP contribution in [0.4, 0.5) is 4.79 Å². The first kappa shape index (κ1) is 24.0. The van der Waals surface area contributed by atoms with E-state index in [1.54, 1.807) is 24.3 Å². The highest BCUT2D eigenvalue weighted by molar-refractivity contribution is 5.96. The third-order valence-electron chi connectivity index (χ3n) is 6.02. The van der Waals surface area contributed by atoms with Crippen LogP contribution in [0.3, 0.4) is 0 Å². The van der Waals surface area contributed by atoms with Gasteiger partial charge in [0.2, 0.25) is 0 Å². The predicted octanol–water partition coefficient (Wildman–Crippen LogP) is 3.29. The molecular formula is C27H26N2O6. The highest BCUT2D eigenvalue weighted by Gasteiger charge is 2.29. The summed E-state index contributed by atoms with van der Waals surface area (Å²) >= 11 is 0. The number of alkyl carbamates (subject to hydrolysis) is 1. The SMILES string of the molecule is O=C(NCc1ccc(C(=O)NC(CCO)C(=O)O)cc1)OCC1c2ccccc2-c2ccccc21. The maximum Gasteiger partial charge on any atom is 0.407 e. The molecule has 180 valence electrons. The van der Waals surface area contributed by atoms with Crippen LogP contribution >= 0.6 is 0 Å².